The molecule has 30 heavy (non-hydrogen) atoms. The Hall–Kier alpha value is -1.62. The summed E-state index contributed by atoms with van der Waals surface area (Å²) in [6.45, 7) is 3.39. The Kier molecular flexibility index (Phi) is 6.38. The van der Waals surface area contributed by atoms with Crippen LogP contribution < -0.4 is 4.90 Å². The van der Waals surface area contributed by atoms with Gasteiger partial charge in [-0.2, -0.15) is 9.61 Å². The van der Waals surface area contributed by atoms with Crippen LogP contribution in [0.4, 0.5) is 5.82 Å². The lowest BCUT2D eigenvalue weighted by atomic mass is 9.60. The topological polar surface area (TPSA) is 53.7 Å². The van der Waals surface area contributed by atoms with E-state index in [2.05, 4.69) is 28.5 Å². The molecule has 0 amide bonds. The number of aliphatic hydroxyl groups is 1. The Labute approximate surface area is 181 Å². The van der Waals surface area contributed by atoms with Gasteiger partial charge in [0.1, 0.15) is 5.82 Å². The molecular weight excluding hydrogens is 372 g/mol. The summed E-state index contributed by atoms with van der Waals surface area (Å²) in [6, 6.07) is 4.84. The molecular formula is C25H40N4O. The molecule has 2 saturated carbocycles. The largest absolute Gasteiger partial charge is 0.396 e. The molecule has 5 nitrogen and oxygen atoms in total. The van der Waals surface area contributed by atoms with Crippen molar-refractivity contribution in [2.24, 2.45) is 11.3 Å². The molecule has 5 rings (SSSR count). The Balaban J connectivity index is 0.00000218. The lowest BCUT2D eigenvalue weighted by Gasteiger charge is -2.45. The van der Waals surface area contributed by atoms with Crippen molar-refractivity contribution in [3.63, 3.8) is 0 Å². The molecule has 3 aliphatic rings. The van der Waals surface area contributed by atoms with Crippen molar-refractivity contribution in [2.75, 3.05) is 18.1 Å². The molecule has 2 aromatic heterocycles. The predicted molar refractivity (Wildman–Crippen MR) is 123 cm³/mol. The smallest absolute Gasteiger partial charge is 0.157 e. The number of hydrogen-bond donors (Lipinski definition) is 1. The maximum atomic E-state index is 9.56. The average molecular weight is 413 g/mol. The van der Waals surface area contributed by atoms with Crippen molar-refractivity contribution in [3.8, 4) is 0 Å². The first-order chi connectivity index (χ1) is 14.2. The van der Waals surface area contributed by atoms with Gasteiger partial charge < -0.3 is 10.0 Å². The molecule has 2 aliphatic carbocycles. The molecule has 3 fully saturated rings. The van der Waals surface area contributed by atoms with Crippen molar-refractivity contribution >= 4 is 11.5 Å². The number of aryl methyl sites for hydroxylation is 1. The van der Waals surface area contributed by atoms with Crippen LogP contribution in [0.15, 0.2) is 12.1 Å². The van der Waals surface area contributed by atoms with Crippen LogP contribution in [-0.4, -0.2) is 38.9 Å². The second-order valence-electron chi connectivity index (χ2n) is 10.0. The summed E-state index contributed by atoms with van der Waals surface area (Å²) in [7, 11) is 0. The highest BCUT2D eigenvalue weighted by Gasteiger charge is 2.39. The minimum atomic E-state index is 0. The SMILES string of the molecule is C.Cc1cc(N2CCCCC2CCO)n2nc(CC34CCCC(CCC3)C4)cc2n1. The van der Waals surface area contributed by atoms with Crippen LogP contribution in [0.25, 0.3) is 5.65 Å². The zero-order valence-corrected chi connectivity index (χ0v) is 17.9. The van der Waals surface area contributed by atoms with E-state index in [1.165, 1.54) is 69.3 Å². The maximum absolute atomic E-state index is 9.56. The molecule has 2 bridgehead atoms. The fourth-order valence-corrected chi connectivity index (χ4v) is 6.62. The first-order valence-corrected chi connectivity index (χ1v) is 11.9. The molecule has 1 saturated heterocycles. The summed E-state index contributed by atoms with van der Waals surface area (Å²) in [4.78, 5) is 7.30. The maximum Gasteiger partial charge on any atom is 0.157 e. The van der Waals surface area contributed by atoms with E-state index < -0.39 is 0 Å². The summed E-state index contributed by atoms with van der Waals surface area (Å²) in [5, 5.41) is 14.7. The second-order valence-corrected chi connectivity index (χ2v) is 10.0. The molecule has 1 aliphatic heterocycles. The number of hydrogen-bond acceptors (Lipinski definition) is 4. The van der Waals surface area contributed by atoms with E-state index in [9.17, 15) is 5.11 Å². The molecule has 3 heterocycles. The Morgan fingerprint density at radius 1 is 1.10 bits per heavy atom. The molecule has 166 valence electrons. The Bertz CT molecular complexity index is 848. The first kappa shape index (κ1) is 21.6. The Morgan fingerprint density at radius 2 is 1.90 bits per heavy atom. The van der Waals surface area contributed by atoms with Gasteiger partial charge in [0.15, 0.2) is 5.65 Å². The summed E-state index contributed by atoms with van der Waals surface area (Å²) in [6.07, 6.45) is 15.4. The standard InChI is InChI=1S/C24H36N4O.CH4/c1-18-14-23(27-12-3-2-8-21(27)9-13-29)28-22(25-18)15-20(26-28)17-24-10-4-6-19(16-24)7-5-11-24;/h14-15,19,21,29H,2-13,16-17H2,1H3;1H4. The third-order valence-corrected chi connectivity index (χ3v) is 7.89. The van der Waals surface area contributed by atoms with E-state index in [1.807, 2.05) is 0 Å². The average Bonchev–Trinajstić information content (AvgIpc) is 3.09. The Morgan fingerprint density at radius 3 is 2.67 bits per heavy atom. The molecule has 1 unspecified atom stereocenters. The highest BCUT2D eigenvalue weighted by Crippen LogP contribution is 2.50. The quantitative estimate of drug-likeness (QED) is 0.722. The normalized spacial score (nSPS) is 29.1. The highest BCUT2D eigenvalue weighted by atomic mass is 16.3. The van der Waals surface area contributed by atoms with Crippen molar-refractivity contribution in [2.45, 2.75) is 97.4 Å². The first-order valence-electron chi connectivity index (χ1n) is 11.9. The van der Waals surface area contributed by atoms with Crippen molar-refractivity contribution in [1.82, 2.24) is 14.6 Å². The lowest BCUT2D eigenvalue weighted by Crippen LogP contribution is -2.41. The summed E-state index contributed by atoms with van der Waals surface area (Å²) in [5.74, 6) is 2.12. The van der Waals surface area contributed by atoms with Crippen LogP contribution in [0.5, 0.6) is 0 Å². The van der Waals surface area contributed by atoms with Crippen LogP contribution in [0.1, 0.15) is 89.4 Å². The monoisotopic (exact) mass is 412 g/mol. The van der Waals surface area contributed by atoms with Crippen LogP contribution >= 0.6 is 0 Å². The van der Waals surface area contributed by atoms with E-state index in [0.29, 0.717) is 11.5 Å². The molecule has 0 radical (unpaired) electrons. The van der Waals surface area contributed by atoms with E-state index in [1.54, 1.807) is 0 Å². The molecule has 1 atom stereocenters. The van der Waals surface area contributed by atoms with Gasteiger partial charge in [-0.05, 0) is 69.6 Å². The predicted octanol–water partition coefficient (Wildman–Crippen LogP) is 5.32. The molecule has 0 aromatic carbocycles. The van der Waals surface area contributed by atoms with Crippen molar-refractivity contribution in [1.29, 1.82) is 0 Å². The molecule has 5 heteroatoms. The third-order valence-electron chi connectivity index (χ3n) is 7.89. The van der Waals surface area contributed by atoms with Crippen LogP contribution in [0.3, 0.4) is 0 Å². The minimum absolute atomic E-state index is 0. The van der Waals surface area contributed by atoms with Gasteiger partial charge in [0.25, 0.3) is 0 Å². The van der Waals surface area contributed by atoms with E-state index in [0.717, 1.165) is 43.1 Å². The van der Waals surface area contributed by atoms with Gasteiger partial charge in [0, 0.05) is 37.0 Å². The second kappa shape index (κ2) is 8.86. The summed E-state index contributed by atoms with van der Waals surface area (Å²) >= 11 is 0. The zero-order valence-electron chi connectivity index (χ0n) is 17.9. The number of nitrogens with zero attached hydrogens (tertiary/aromatic N) is 4. The van der Waals surface area contributed by atoms with Gasteiger partial charge in [-0.15, -0.1) is 0 Å². The van der Waals surface area contributed by atoms with Gasteiger partial charge >= 0.3 is 0 Å². The summed E-state index contributed by atoms with van der Waals surface area (Å²) in [5.41, 5.74) is 3.75. The fourth-order valence-electron chi connectivity index (χ4n) is 6.62. The number of piperidine rings is 1. The van der Waals surface area contributed by atoms with Gasteiger partial charge in [0.2, 0.25) is 0 Å². The van der Waals surface area contributed by atoms with Gasteiger partial charge in [-0.25, -0.2) is 4.98 Å². The number of aromatic nitrogens is 3. The number of fused-ring (bicyclic) bond motifs is 3. The van der Waals surface area contributed by atoms with Crippen molar-refractivity contribution in [3.05, 3.63) is 23.5 Å². The van der Waals surface area contributed by atoms with Crippen LogP contribution in [0.2, 0.25) is 0 Å². The lowest BCUT2D eigenvalue weighted by molar-refractivity contribution is 0.0764. The molecule has 0 spiro atoms. The van der Waals surface area contributed by atoms with Gasteiger partial charge in [-0.1, -0.05) is 33.1 Å². The minimum Gasteiger partial charge on any atom is -0.396 e. The molecule has 1 N–H and O–H groups in total. The van der Waals surface area contributed by atoms with Crippen molar-refractivity contribution < 1.29 is 5.11 Å². The number of anilines is 1. The van der Waals surface area contributed by atoms with Crippen LogP contribution in [-0.2, 0) is 6.42 Å². The fraction of sp³-hybridized carbons (Fsp3) is 0.760. The molecule has 2 aromatic rings. The highest BCUT2D eigenvalue weighted by molar-refractivity contribution is 5.53. The number of rotatable bonds is 5. The van der Waals surface area contributed by atoms with E-state index >= 15 is 0 Å². The van der Waals surface area contributed by atoms with Gasteiger partial charge in [0.05, 0.1) is 5.69 Å². The van der Waals surface area contributed by atoms with Gasteiger partial charge in [-0.3, -0.25) is 0 Å². The van der Waals surface area contributed by atoms with E-state index in [4.69, 9.17) is 10.1 Å². The number of aliphatic hydroxyl groups excluding tert-OH is 1. The zero-order chi connectivity index (χ0) is 19.8. The van der Waals surface area contributed by atoms with E-state index in [-0.39, 0.29) is 14.0 Å². The third kappa shape index (κ3) is 4.10. The summed E-state index contributed by atoms with van der Waals surface area (Å²) < 4.78 is 2.10. The van der Waals surface area contributed by atoms with Crippen LogP contribution in [0, 0.1) is 18.3 Å².